The lowest BCUT2D eigenvalue weighted by atomic mass is 10.0. The number of carbonyl (C=O) groups is 3. The second kappa shape index (κ2) is 65.6. The van der Waals surface area contributed by atoms with E-state index in [1.165, 1.54) is 141 Å². The molecule has 0 aromatic carbocycles. The van der Waals surface area contributed by atoms with Crippen molar-refractivity contribution in [1.29, 1.82) is 0 Å². The highest BCUT2D eigenvalue weighted by atomic mass is 16.6. The van der Waals surface area contributed by atoms with Gasteiger partial charge in [-0.1, -0.05) is 291 Å². The maximum atomic E-state index is 12.9. The fourth-order valence-electron chi connectivity index (χ4n) is 9.10. The fourth-order valence-corrected chi connectivity index (χ4v) is 9.10. The minimum atomic E-state index is -0.790. The molecular weight excluding hydrogens is 961 g/mol. The molecule has 0 aliphatic carbocycles. The smallest absolute Gasteiger partial charge is 0.306 e. The van der Waals surface area contributed by atoms with Gasteiger partial charge in [-0.05, 0) is 109 Å². The van der Waals surface area contributed by atoms with Crippen LogP contribution in [-0.2, 0) is 28.6 Å². The van der Waals surface area contributed by atoms with Gasteiger partial charge in [0, 0.05) is 19.3 Å². The van der Waals surface area contributed by atoms with Gasteiger partial charge in [0.05, 0.1) is 0 Å². The van der Waals surface area contributed by atoms with E-state index < -0.39 is 6.10 Å². The lowest BCUT2D eigenvalue weighted by molar-refractivity contribution is -0.167. The Morgan fingerprint density at radius 2 is 0.500 bits per heavy atom. The van der Waals surface area contributed by atoms with Gasteiger partial charge < -0.3 is 14.2 Å². The summed E-state index contributed by atoms with van der Waals surface area (Å²) < 4.78 is 16.9. The highest BCUT2D eigenvalue weighted by molar-refractivity contribution is 5.71. The number of rotatable bonds is 59. The van der Waals surface area contributed by atoms with Crippen LogP contribution in [0.15, 0.2) is 109 Å². The molecule has 0 radical (unpaired) electrons. The first kappa shape index (κ1) is 74.1. The van der Waals surface area contributed by atoms with Crippen molar-refractivity contribution in [2.75, 3.05) is 13.2 Å². The van der Waals surface area contributed by atoms with Crippen LogP contribution in [0.25, 0.3) is 0 Å². The van der Waals surface area contributed by atoms with Crippen molar-refractivity contribution in [3.8, 4) is 0 Å². The molecule has 78 heavy (non-hydrogen) atoms. The average Bonchev–Trinajstić information content (AvgIpc) is 3.44. The summed E-state index contributed by atoms with van der Waals surface area (Å²) in [6.07, 6.45) is 89.5. The van der Waals surface area contributed by atoms with E-state index in [0.29, 0.717) is 19.3 Å². The van der Waals surface area contributed by atoms with Crippen molar-refractivity contribution in [3.05, 3.63) is 109 Å². The lowest BCUT2D eigenvalue weighted by Gasteiger charge is -2.18. The van der Waals surface area contributed by atoms with Crippen molar-refractivity contribution >= 4 is 17.9 Å². The van der Waals surface area contributed by atoms with E-state index in [1.54, 1.807) is 0 Å². The van der Waals surface area contributed by atoms with Gasteiger partial charge in [-0.2, -0.15) is 0 Å². The van der Waals surface area contributed by atoms with E-state index in [0.717, 1.165) is 128 Å². The predicted molar refractivity (Wildman–Crippen MR) is 339 cm³/mol. The monoisotopic (exact) mass is 1080 g/mol. The Labute approximate surface area is 482 Å². The summed E-state index contributed by atoms with van der Waals surface area (Å²) in [5.74, 6) is -0.897. The summed E-state index contributed by atoms with van der Waals surface area (Å²) in [5, 5.41) is 0. The Hall–Kier alpha value is -3.93. The van der Waals surface area contributed by atoms with Crippen LogP contribution in [0.1, 0.15) is 310 Å². The topological polar surface area (TPSA) is 78.9 Å². The van der Waals surface area contributed by atoms with E-state index in [9.17, 15) is 14.4 Å². The van der Waals surface area contributed by atoms with Crippen molar-refractivity contribution in [2.24, 2.45) is 0 Å². The van der Waals surface area contributed by atoms with Crippen LogP contribution in [0.5, 0.6) is 0 Å². The van der Waals surface area contributed by atoms with Crippen LogP contribution in [0.4, 0.5) is 0 Å². The second-order valence-electron chi connectivity index (χ2n) is 21.6. The zero-order valence-electron chi connectivity index (χ0n) is 51.2. The molecule has 446 valence electrons. The van der Waals surface area contributed by atoms with Gasteiger partial charge in [0.1, 0.15) is 13.2 Å². The van der Waals surface area contributed by atoms with Crippen molar-refractivity contribution in [3.63, 3.8) is 0 Å². The number of allylic oxidation sites excluding steroid dienone is 18. The standard InChI is InChI=1S/C72H122O6/c1-4-7-10-13-16-19-22-25-27-29-31-33-34-35-36-37-38-40-41-43-45-47-50-53-56-59-62-65-71(74)77-68-69(67-76-70(73)64-61-58-55-52-49-24-21-18-15-12-9-6-3)78-72(75)66-63-60-57-54-51-48-46-44-42-39-32-30-28-26-23-20-17-14-11-8-5-2/h7,10,16,19,23,25-27,30-33,35-36,38,40,42,44,69H,4-6,8-9,11-15,17-18,20-22,24,28-29,34,37,39,41,43,45-68H2,1-3H3/b10-7-,19-16-,26-23-,27-25-,32-30-,33-31-,36-35-,40-38-,44-42-. The third-order valence-electron chi connectivity index (χ3n) is 14.0. The summed E-state index contributed by atoms with van der Waals surface area (Å²) in [5.41, 5.74) is 0. The minimum absolute atomic E-state index is 0.0844. The van der Waals surface area contributed by atoms with Crippen LogP contribution < -0.4 is 0 Å². The largest absolute Gasteiger partial charge is 0.462 e. The molecule has 0 bridgehead atoms. The minimum Gasteiger partial charge on any atom is -0.462 e. The van der Waals surface area contributed by atoms with Gasteiger partial charge >= 0.3 is 17.9 Å². The third kappa shape index (κ3) is 62.9. The second-order valence-corrected chi connectivity index (χ2v) is 21.6. The normalized spacial score (nSPS) is 12.8. The predicted octanol–water partition coefficient (Wildman–Crippen LogP) is 22.6. The van der Waals surface area contributed by atoms with Crippen LogP contribution in [0, 0.1) is 0 Å². The van der Waals surface area contributed by atoms with E-state index in [2.05, 4.69) is 130 Å². The van der Waals surface area contributed by atoms with Crippen LogP contribution in [0.2, 0.25) is 0 Å². The van der Waals surface area contributed by atoms with Crippen molar-refractivity contribution in [1.82, 2.24) is 0 Å². The third-order valence-corrected chi connectivity index (χ3v) is 14.0. The Balaban J connectivity index is 4.35. The first-order valence-corrected chi connectivity index (χ1v) is 32.9. The summed E-state index contributed by atoms with van der Waals surface area (Å²) >= 11 is 0. The SMILES string of the molecule is CC/C=C\C/C=C\C/C=C\C/C=C\C/C=C\C/C=C\CCCCCCCCCCC(=O)OCC(COC(=O)CCCCCCCCCCCCCC)OC(=O)CCCCCCCC/C=C\C/C=C\C/C=C\CCCCCCC. The first-order chi connectivity index (χ1) is 38.5. The number of hydrogen-bond acceptors (Lipinski definition) is 6. The van der Waals surface area contributed by atoms with Crippen LogP contribution in [0.3, 0.4) is 0 Å². The van der Waals surface area contributed by atoms with Crippen LogP contribution in [-0.4, -0.2) is 37.2 Å². The fraction of sp³-hybridized carbons (Fsp3) is 0.708. The molecule has 0 heterocycles. The zero-order chi connectivity index (χ0) is 56.4. The van der Waals surface area contributed by atoms with Gasteiger partial charge in [-0.3, -0.25) is 14.4 Å². The van der Waals surface area contributed by atoms with E-state index >= 15 is 0 Å². The highest BCUT2D eigenvalue weighted by Crippen LogP contribution is 2.16. The lowest BCUT2D eigenvalue weighted by Crippen LogP contribution is -2.30. The van der Waals surface area contributed by atoms with Gasteiger partial charge in [0.25, 0.3) is 0 Å². The maximum absolute atomic E-state index is 12.9. The number of esters is 3. The molecule has 0 aliphatic rings. The first-order valence-electron chi connectivity index (χ1n) is 32.9. The number of ether oxygens (including phenoxy) is 3. The Morgan fingerprint density at radius 3 is 0.782 bits per heavy atom. The van der Waals surface area contributed by atoms with Gasteiger partial charge in [-0.15, -0.1) is 0 Å². The highest BCUT2D eigenvalue weighted by Gasteiger charge is 2.19. The Bertz CT molecular complexity index is 1570. The molecule has 0 aromatic heterocycles. The molecule has 0 saturated carbocycles. The molecule has 1 unspecified atom stereocenters. The summed E-state index contributed by atoms with van der Waals surface area (Å²) in [6, 6.07) is 0. The molecule has 0 rings (SSSR count). The quantitative estimate of drug-likeness (QED) is 0.0261. The molecular formula is C72H122O6. The Morgan fingerprint density at radius 1 is 0.269 bits per heavy atom. The summed E-state index contributed by atoms with van der Waals surface area (Å²) in [4.78, 5) is 38.3. The Kier molecular flexibility index (Phi) is 62.3. The molecule has 0 aromatic rings. The van der Waals surface area contributed by atoms with Crippen molar-refractivity contribution in [2.45, 2.75) is 316 Å². The molecule has 6 heteroatoms. The molecule has 0 saturated heterocycles. The number of unbranched alkanes of at least 4 members (excludes halogenated alkanes) is 30. The average molecular weight is 1080 g/mol. The molecule has 0 spiro atoms. The summed E-state index contributed by atoms with van der Waals surface area (Å²) in [7, 11) is 0. The van der Waals surface area contributed by atoms with E-state index in [1.807, 2.05) is 0 Å². The molecule has 0 N–H and O–H groups in total. The number of hydrogen-bond donors (Lipinski definition) is 0. The van der Waals surface area contributed by atoms with E-state index in [4.69, 9.17) is 14.2 Å². The molecule has 0 amide bonds. The molecule has 1 atom stereocenters. The van der Waals surface area contributed by atoms with Crippen molar-refractivity contribution < 1.29 is 28.6 Å². The molecule has 0 aliphatic heterocycles. The van der Waals surface area contributed by atoms with Crippen LogP contribution >= 0.6 is 0 Å². The van der Waals surface area contributed by atoms with Gasteiger partial charge in [0.15, 0.2) is 6.10 Å². The molecule has 0 fully saturated rings. The maximum Gasteiger partial charge on any atom is 0.306 e. The zero-order valence-corrected chi connectivity index (χ0v) is 51.2. The van der Waals surface area contributed by atoms with Gasteiger partial charge in [0.2, 0.25) is 0 Å². The number of carbonyl (C=O) groups excluding carboxylic acids is 3. The molecule has 6 nitrogen and oxygen atoms in total. The van der Waals surface area contributed by atoms with Gasteiger partial charge in [-0.25, -0.2) is 0 Å². The van der Waals surface area contributed by atoms with E-state index in [-0.39, 0.29) is 31.1 Å². The summed E-state index contributed by atoms with van der Waals surface area (Å²) in [6.45, 7) is 6.52.